The number of amidine groups is 1. The highest BCUT2D eigenvalue weighted by Gasteiger charge is 2.24. The van der Waals surface area contributed by atoms with E-state index >= 15 is 0 Å². The van der Waals surface area contributed by atoms with Crippen molar-refractivity contribution in [2.45, 2.75) is 45.4 Å². The number of hydrogen-bond acceptors (Lipinski definition) is 2. The number of halogens is 1. The monoisotopic (exact) mass is 344 g/mol. The largest absolute Gasteiger partial charge is 0.382 e. The van der Waals surface area contributed by atoms with E-state index in [9.17, 15) is 4.39 Å². The van der Waals surface area contributed by atoms with E-state index in [-0.39, 0.29) is 11.2 Å². The molecule has 5 heteroatoms. The summed E-state index contributed by atoms with van der Waals surface area (Å²) < 4.78 is 13.7. The van der Waals surface area contributed by atoms with Gasteiger partial charge in [0.1, 0.15) is 18.0 Å². The Bertz CT molecular complexity index is 665. The van der Waals surface area contributed by atoms with E-state index in [1.165, 1.54) is 5.56 Å². The molecule has 0 saturated carbocycles. The highest BCUT2D eigenvalue weighted by molar-refractivity contribution is 5.99. The van der Waals surface area contributed by atoms with Gasteiger partial charge in [-0.3, -0.25) is 5.41 Å². The van der Waals surface area contributed by atoms with Crippen molar-refractivity contribution in [3.8, 4) is 0 Å². The Morgan fingerprint density at radius 2 is 2.04 bits per heavy atom. The molecule has 1 aromatic rings. The number of likely N-dealkylation sites (tertiary alicyclic amines) is 1. The molecule has 0 bridgehead atoms. The minimum absolute atomic E-state index is 0.0654. The SMILES string of the molecule is C=C(C(N)=NC=N)N1CCC(Cc2ccc(F)cc2C(C)(C)C)CC1. The minimum atomic E-state index is -0.166. The highest BCUT2D eigenvalue weighted by atomic mass is 19.1. The first-order valence-corrected chi connectivity index (χ1v) is 8.77. The van der Waals surface area contributed by atoms with Gasteiger partial charge in [0, 0.05) is 13.1 Å². The Hall–Kier alpha value is -2.17. The molecule has 1 aliphatic rings. The van der Waals surface area contributed by atoms with Gasteiger partial charge >= 0.3 is 0 Å². The average Bonchev–Trinajstić information content (AvgIpc) is 2.56. The summed E-state index contributed by atoms with van der Waals surface area (Å²) in [4.78, 5) is 5.93. The molecule has 25 heavy (non-hydrogen) atoms. The summed E-state index contributed by atoms with van der Waals surface area (Å²) in [5.41, 5.74) is 8.79. The van der Waals surface area contributed by atoms with E-state index in [1.54, 1.807) is 12.1 Å². The molecule has 0 unspecified atom stereocenters. The summed E-state index contributed by atoms with van der Waals surface area (Å²) in [7, 11) is 0. The molecule has 4 nitrogen and oxygen atoms in total. The molecule has 2 rings (SSSR count). The lowest BCUT2D eigenvalue weighted by Crippen LogP contribution is -2.38. The zero-order valence-corrected chi connectivity index (χ0v) is 15.5. The summed E-state index contributed by atoms with van der Waals surface area (Å²) in [5.74, 6) is 0.708. The lowest BCUT2D eigenvalue weighted by Gasteiger charge is -2.35. The van der Waals surface area contributed by atoms with Crippen LogP contribution in [0.4, 0.5) is 4.39 Å². The second-order valence-electron chi connectivity index (χ2n) is 7.78. The summed E-state index contributed by atoms with van der Waals surface area (Å²) >= 11 is 0. The van der Waals surface area contributed by atoms with Crippen LogP contribution < -0.4 is 5.73 Å². The van der Waals surface area contributed by atoms with Gasteiger partial charge in [0.05, 0.1) is 5.70 Å². The first kappa shape index (κ1) is 19.2. The van der Waals surface area contributed by atoms with Crippen LogP contribution in [0.25, 0.3) is 0 Å². The Labute approximate surface area is 150 Å². The number of benzene rings is 1. The molecular formula is C20H29FN4. The molecule has 0 aromatic heterocycles. The van der Waals surface area contributed by atoms with Crippen molar-refractivity contribution in [1.82, 2.24) is 4.90 Å². The number of piperidine rings is 1. The van der Waals surface area contributed by atoms with E-state index in [0.29, 0.717) is 17.5 Å². The third kappa shape index (κ3) is 4.91. The van der Waals surface area contributed by atoms with Crippen molar-refractivity contribution in [3.63, 3.8) is 0 Å². The molecule has 1 aliphatic heterocycles. The number of rotatable bonds is 5. The van der Waals surface area contributed by atoms with Gasteiger partial charge in [-0.05, 0) is 53.9 Å². The number of aliphatic imine (C=N–C) groups is 1. The van der Waals surface area contributed by atoms with E-state index in [0.717, 1.165) is 44.3 Å². The van der Waals surface area contributed by atoms with Crippen LogP contribution in [-0.4, -0.2) is 30.2 Å². The Morgan fingerprint density at radius 1 is 1.40 bits per heavy atom. The van der Waals surface area contributed by atoms with Crippen molar-refractivity contribution in [1.29, 1.82) is 5.41 Å². The summed E-state index contributed by atoms with van der Waals surface area (Å²) in [5, 5.41) is 7.00. The number of nitrogens with one attached hydrogen (secondary N) is 1. The van der Waals surface area contributed by atoms with Crippen LogP contribution >= 0.6 is 0 Å². The van der Waals surface area contributed by atoms with Crippen molar-refractivity contribution < 1.29 is 4.39 Å². The number of nitrogens with zero attached hydrogens (tertiary/aromatic N) is 2. The van der Waals surface area contributed by atoms with Gasteiger partial charge in [0.25, 0.3) is 0 Å². The van der Waals surface area contributed by atoms with Gasteiger partial charge in [-0.2, -0.15) is 0 Å². The molecule has 3 N–H and O–H groups in total. The quantitative estimate of drug-likeness (QED) is 0.629. The fourth-order valence-electron chi connectivity index (χ4n) is 3.45. The Morgan fingerprint density at radius 3 is 2.60 bits per heavy atom. The molecule has 1 saturated heterocycles. The predicted octanol–water partition coefficient (Wildman–Crippen LogP) is 3.86. The highest BCUT2D eigenvalue weighted by Crippen LogP contribution is 2.31. The Balaban J connectivity index is 2.03. The van der Waals surface area contributed by atoms with E-state index in [2.05, 4.69) is 37.2 Å². The maximum absolute atomic E-state index is 13.7. The molecule has 136 valence electrons. The lowest BCUT2D eigenvalue weighted by molar-refractivity contribution is 0.234. The fourth-order valence-corrected chi connectivity index (χ4v) is 3.45. The normalized spacial score (nSPS) is 16.8. The van der Waals surface area contributed by atoms with Gasteiger partial charge < -0.3 is 10.6 Å². The third-order valence-corrected chi connectivity index (χ3v) is 4.88. The average molecular weight is 344 g/mol. The standard InChI is InChI=1S/C20H29FN4/c1-14(19(23)24-13-22)25-9-7-15(8-10-25)11-16-5-6-17(21)12-18(16)20(2,3)4/h5-6,12-13,15H,1,7-11H2,2-4H3,(H3,22,23,24). The molecule has 0 radical (unpaired) electrons. The lowest BCUT2D eigenvalue weighted by atomic mass is 9.80. The van der Waals surface area contributed by atoms with Gasteiger partial charge in [0.2, 0.25) is 0 Å². The van der Waals surface area contributed by atoms with Crippen molar-refractivity contribution in [3.05, 3.63) is 47.4 Å². The van der Waals surface area contributed by atoms with Crippen LogP contribution in [0.5, 0.6) is 0 Å². The summed E-state index contributed by atoms with van der Waals surface area (Å²) in [6.45, 7) is 12.1. The zero-order chi connectivity index (χ0) is 18.6. The topological polar surface area (TPSA) is 65.5 Å². The molecule has 1 aromatic carbocycles. The molecule has 0 aliphatic carbocycles. The first-order valence-electron chi connectivity index (χ1n) is 8.77. The van der Waals surface area contributed by atoms with Crippen LogP contribution in [0.15, 0.2) is 35.5 Å². The van der Waals surface area contributed by atoms with Gasteiger partial charge in [-0.15, -0.1) is 0 Å². The second-order valence-corrected chi connectivity index (χ2v) is 7.78. The molecule has 0 amide bonds. The second kappa shape index (κ2) is 7.81. The predicted molar refractivity (Wildman–Crippen MR) is 103 cm³/mol. The first-order chi connectivity index (χ1) is 11.7. The maximum atomic E-state index is 13.7. The van der Waals surface area contributed by atoms with Gasteiger partial charge in [0.15, 0.2) is 0 Å². The molecule has 1 fully saturated rings. The number of hydrogen-bond donors (Lipinski definition) is 2. The van der Waals surface area contributed by atoms with Crippen LogP contribution in [0.2, 0.25) is 0 Å². The van der Waals surface area contributed by atoms with Crippen LogP contribution in [0.1, 0.15) is 44.7 Å². The molecular weight excluding hydrogens is 315 g/mol. The van der Waals surface area contributed by atoms with E-state index in [1.807, 2.05) is 6.07 Å². The molecule has 0 atom stereocenters. The van der Waals surface area contributed by atoms with Crippen molar-refractivity contribution in [2.24, 2.45) is 16.6 Å². The summed E-state index contributed by atoms with van der Waals surface area (Å²) in [6, 6.07) is 5.19. The van der Waals surface area contributed by atoms with Gasteiger partial charge in [-0.1, -0.05) is 33.4 Å². The fraction of sp³-hybridized carbons (Fsp3) is 0.500. The third-order valence-electron chi connectivity index (χ3n) is 4.88. The Kier molecular flexibility index (Phi) is 5.98. The van der Waals surface area contributed by atoms with E-state index < -0.39 is 0 Å². The van der Waals surface area contributed by atoms with Crippen molar-refractivity contribution >= 4 is 12.2 Å². The number of nitrogens with two attached hydrogens (primary N) is 1. The molecule has 0 spiro atoms. The van der Waals surface area contributed by atoms with E-state index in [4.69, 9.17) is 11.1 Å². The van der Waals surface area contributed by atoms with Crippen LogP contribution in [0.3, 0.4) is 0 Å². The zero-order valence-electron chi connectivity index (χ0n) is 15.5. The maximum Gasteiger partial charge on any atom is 0.148 e. The molecule has 1 heterocycles. The minimum Gasteiger partial charge on any atom is -0.382 e. The van der Waals surface area contributed by atoms with Gasteiger partial charge in [-0.25, -0.2) is 9.38 Å². The summed E-state index contributed by atoms with van der Waals surface area (Å²) in [6.07, 6.45) is 3.99. The van der Waals surface area contributed by atoms with Crippen LogP contribution in [0, 0.1) is 17.1 Å². The smallest absolute Gasteiger partial charge is 0.148 e. The van der Waals surface area contributed by atoms with Crippen LogP contribution in [-0.2, 0) is 11.8 Å². The van der Waals surface area contributed by atoms with Crippen molar-refractivity contribution in [2.75, 3.05) is 13.1 Å².